The number of hydrogen-bond acceptors (Lipinski definition) is 1. The summed E-state index contributed by atoms with van der Waals surface area (Å²) in [5, 5.41) is 0. The second-order valence-electron chi connectivity index (χ2n) is 10.3. The third-order valence-corrected chi connectivity index (χ3v) is 6.78. The van der Waals surface area contributed by atoms with E-state index in [1.165, 1.54) is 0 Å². The molecule has 0 aliphatic heterocycles. The minimum Gasteiger partial charge on any atom is -0.381 e. The first-order valence-electron chi connectivity index (χ1n) is 13.4. The van der Waals surface area contributed by atoms with E-state index >= 15 is 0 Å². The first kappa shape index (κ1) is 44.5. The molecule has 0 unspecified atom stereocenters. The van der Waals surface area contributed by atoms with E-state index in [1.807, 2.05) is 6.92 Å². The van der Waals surface area contributed by atoms with Crippen molar-refractivity contribution in [2.45, 2.75) is 137 Å². The fourth-order valence-corrected chi connectivity index (χ4v) is 3.74. The lowest BCUT2D eigenvalue weighted by Gasteiger charge is -2.44. The standard InChI is InChI=1S/C24H29F21O/c1-2-3-4-5-6-7-8-9-10-11-13-46-14-12-15(25,26)16(27,28)17(29,30)18(31,32)19(33,34)20(35,36)21(37,38)22(39,40)23(41,42)24(43,44)45/h2-14H2,1H3. The lowest BCUT2D eigenvalue weighted by Crippen LogP contribution is -2.76. The Balaban J connectivity index is 5.73. The van der Waals surface area contributed by atoms with Gasteiger partial charge in [-0.25, -0.2) is 0 Å². The summed E-state index contributed by atoms with van der Waals surface area (Å²) in [7, 11) is 0. The monoisotopic (exact) mass is 732 g/mol. The Morgan fingerprint density at radius 2 is 0.609 bits per heavy atom. The maximum Gasteiger partial charge on any atom is 0.460 e. The average Bonchev–Trinajstić information content (AvgIpc) is 2.89. The Morgan fingerprint density at radius 3 is 0.935 bits per heavy atom. The van der Waals surface area contributed by atoms with Crippen LogP contribution in [-0.4, -0.2) is 72.7 Å². The zero-order chi connectivity index (χ0) is 36.9. The smallest absolute Gasteiger partial charge is 0.381 e. The Kier molecular flexibility index (Phi) is 14.5. The summed E-state index contributed by atoms with van der Waals surface area (Å²) in [4.78, 5) is 0. The van der Waals surface area contributed by atoms with Crippen LogP contribution in [0.25, 0.3) is 0 Å². The zero-order valence-electron chi connectivity index (χ0n) is 23.5. The second-order valence-corrected chi connectivity index (χ2v) is 10.3. The summed E-state index contributed by atoms with van der Waals surface area (Å²) in [6.45, 7) is -0.188. The average molecular weight is 732 g/mol. The second kappa shape index (κ2) is 14.9. The van der Waals surface area contributed by atoms with Crippen LogP contribution in [0, 0.1) is 0 Å². The summed E-state index contributed by atoms with van der Waals surface area (Å²) in [6, 6.07) is 0. The number of hydrogen-bond donors (Lipinski definition) is 0. The lowest BCUT2D eigenvalue weighted by molar-refractivity contribution is -0.474. The van der Waals surface area contributed by atoms with Gasteiger partial charge in [-0.15, -0.1) is 0 Å². The predicted molar refractivity (Wildman–Crippen MR) is 118 cm³/mol. The van der Waals surface area contributed by atoms with E-state index in [2.05, 4.69) is 4.74 Å². The molecule has 22 heteroatoms. The third kappa shape index (κ3) is 8.02. The molecule has 0 rings (SSSR count). The van der Waals surface area contributed by atoms with Crippen molar-refractivity contribution in [3.8, 4) is 0 Å². The summed E-state index contributed by atoms with van der Waals surface area (Å²) in [5.74, 6) is -76.7. The summed E-state index contributed by atoms with van der Waals surface area (Å²) >= 11 is 0. The number of ether oxygens (including phenoxy) is 1. The fraction of sp³-hybridized carbons (Fsp3) is 1.00. The van der Waals surface area contributed by atoms with Gasteiger partial charge in [-0.3, -0.25) is 0 Å². The van der Waals surface area contributed by atoms with Gasteiger partial charge in [-0.05, 0) is 6.42 Å². The number of unbranched alkanes of at least 4 members (excludes halogenated alkanes) is 9. The summed E-state index contributed by atoms with van der Waals surface area (Å²) in [5.41, 5.74) is 0. The van der Waals surface area contributed by atoms with Gasteiger partial charge in [0.25, 0.3) is 0 Å². The van der Waals surface area contributed by atoms with Crippen molar-refractivity contribution in [2.24, 2.45) is 0 Å². The van der Waals surface area contributed by atoms with E-state index in [0.717, 1.165) is 44.9 Å². The minimum atomic E-state index is -9.16. The molecular formula is C24H29F21O. The molecule has 1 nitrogen and oxygen atoms in total. The van der Waals surface area contributed by atoms with Crippen molar-refractivity contribution in [3.05, 3.63) is 0 Å². The Hall–Kier alpha value is -1.51. The van der Waals surface area contributed by atoms with Crippen LogP contribution in [0.5, 0.6) is 0 Å². The van der Waals surface area contributed by atoms with E-state index in [4.69, 9.17) is 0 Å². The van der Waals surface area contributed by atoms with Crippen LogP contribution < -0.4 is 0 Å². The molecule has 0 radical (unpaired) electrons. The molecule has 0 aliphatic carbocycles. The Labute approximate surface area is 248 Å². The first-order valence-corrected chi connectivity index (χ1v) is 13.4. The van der Waals surface area contributed by atoms with Crippen molar-refractivity contribution in [2.75, 3.05) is 13.2 Å². The molecule has 0 aliphatic rings. The molecule has 0 aromatic carbocycles. The maximum atomic E-state index is 13.9. The minimum absolute atomic E-state index is 0.0690. The van der Waals surface area contributed by atoms with Gasteiger partial charge in [0.2, 0.25) is 0 Å². The van der Waals surface area contributed by atoms with Gasteiger partial charge in [-0.1, -0.05) is 64.7 Å². The molecule has 0 amide bonds. The van der Waals surface area contributed by atoms with E-state index in [-0.39, 0.29) is 6.42 Å². The van der Waals surface area contributed by atoms with Crippen LogP contribution in [0.4, 0.5) is 92.2 Å². The molecule has 0 N–H and O–H groups in total. The molecule has 0 bridgehead atoms. The van der Waals surface area contributed by atoms with E-state index in [0.29, 0.717) is 12.8 Å². The van der Waals surface area contributed by atoms with E-state index in [1.54, 1.807) is 0 Å². The molecule has 0 spiro atoms. The molecule has 46 heavy (non-hydrogen) atoms. The molecule has 0 saturated carbocycles. The highest BCUT2D eigenvalue weighted by atomic mass is 19.4. The van der Waals surface area contributed by atoms with Crippen LogP contribution in [-0.2, 0) is 4.74 Å². The normalized spacial score (nSPS) is 15.5. The Morgan fingerprint density at radius 1 is 0.326 bits per heavy atom. The van der Waals surface area contributed by atoms with Crippen LogP contribution in [0.1, 0.15) is 77.6 Å². The summed E-state index contributed by atoms with van der Waals surface area (Å²) < 4.78 is 285. The predicted octanol–water partition coefficient (Wildman–Crippen LogP) is 11.6. The molecular weight excluding hydrogens is 703 g/mol. The number of rotatable bonds is 22. The topological polar surface area (TPSA) is 9.23 Å². The van der Waals surface area contributed by atoms with Gasteiger partial charge in [0.1, 0.15) is 0 Å². The molecule has 0 saturated heterocycles. The highest BCUT2D eigenvalue weighted by Crippen LogP contribution is 2.66. The largest absolute Gasteiger partial charge is 0.460 e. The quantitative estimate of drug-likeness (QED) is 0.0796. The van der Waals surface area contributed by atoms with Crippen molar-refractivity contribution in [1.82, 2.24) is 0 Å². The molecule has 0 aromatic heterocycles. The zero-order valence-corrected chi connectivity index (χ0v) is 23.5. The van der Waals surface area contributed by atoms with Gasteiger partial charge in [0, 0.05) is 13.0 Å². The van der Waals surface area contributed by atoms with Crippen molar-refractivity contribution < 1.29 is 96.9 Å². The maximum absolute atomic E-state index is 13.9. The fourth-order valence-electron chi connectivity index (χ4n) is 3.74. The number of halogens is 21. The summed E-state index contributed by atoms with van der Waals surface area (Å²) in [6.07, 6.45) is -3.07. The van der Waals surface area contributed by atoms with Crippen molar-refractivity contribution >= 4 is 0 Å². The molecule has 0 atom stereocenters. The van der Waals surface area contributed by atoms with Crippen molar-refractivity contribution in [3.63, 3.8) is 0 Å². The van der Waals surface area contributed by atoms with Gasteiger partial charge in [0.05, 0.1) is 6.61 Å². The van der Waals surface area contributed by atoms with Crippen LogP contribution in [0.15, 0.2) is 0 Å². The molecule has 0 fully saturated rings. The van der Waals surface area contributed by atoms with Gasteiger partial charge in [0.15, 0.2) is 0 Å². The molecule has 278 valence electrons. The number of alkyl halides is 21. The van der Waals surface area contributed by atoms with Crippen LogP contribution in [0.3, 0.4) is 0 Å². The Bertz CT molecular complexity index is 925. The highest BCUT2D eigenvalue weighted by molar-refractivity contribution is 5.17. The third-order valence-electron chi connectivity index (χ3n) is 6.78. The molecule has 0 heterocycles. The van der Waals surface area contributed by atoms with Gasteiger partial charge < -0.3 is 4.74 Å². The lowest BCUT2D eigenvalue weighted by atomic mass is 9.86. The highest BCUT2D eigenvalue weighted by Gasteiger charge is 2.97. The van der Waals surface area contributed by atoms with Crippen molar-refractivity contribution in [1.29, 1.82) is 0 Å². The van der Waals surface area contributed by atoms with Crippen LogP contribution in [0.2, 0.25) is 0 Å². The SMILES string of the molecule is CCCCCCCCCCCCOCCC(F)(F)C(F)(F)C(F)(F)C(F)(F)C(F)(F)C(F)(F)C(F)(F)C(F)(F)C(F)(F)C(F)(F)F. The first-order chi connectivity index (χ1) is 20.3. The molecule has 0 aromatic rings. The van der Waals surface area contributed by atoms with Crippen LogP contribution >= 0.6 is 0 Å². The van der Waals surface area contributed by atoms with E-state index < -0.39 is 79.1 Å². The van der Waals surface area contributed by atoms with Gasteiger partial charge >= 0.3 is 59.5 Å². The van der Waals surface area contributed by atoms with Gasteiger partial charge in [-0.2, -0.15) is 92.2 Å². The van der Waals surface area contributed by atoms with E-state index in [9.17, 15) is 92.2 Å².